The van der Waals surface area contributed by atoms with Crippen LogP contribution in [0.2, 0.25) is 0 Å². The van der Waals surface area contributed by atoms with Crippen molar-refractivity contribution < 1.29 is 19.1 Å². The molecule has 2 heterocycles. The minimum Gasteiger partial charge on any atom is -0.493 e. The average molecular weight is 496 g/mol. The molecule has 0 aliphatic carbocycles. The van der Waals surface area contributed by atoms with Crippen LogP contribution in [0.15, 0.2) is 66.0 Å². The SMILES string of the molecule is Cc1ccc(-c2csc(NC(=O)c3ccc(Oc4cc5c(cc4C#N)C(C=O)CCO5)cc3)n2)cc1. The fraction of sp³-hybridized carbons (Fsp3) is 0.143. The van der Waals surface area contributed by atoms with Crippen LogP contribution < -0.4 is 14.8 Å². The fourth-order valence-corrected chi connectivity index (χ4v) is 4.63. The summed E-state index contributed by atoms with van der Waals surface area (Å²) in [5.74, 6) is 0.745. The summed E-state index contributed by atoms with van der Waals surface area (Å²) in [6, 6.07) is 20.0. The zero-order valence-electron chi connectivity index (χ0n) is 19.4. The molecule has 1 N–H and O–H groups in total. The van der Waals surface area contributed by atoms with Gasteiger partial charge in [-0.1, -0.05) is 29.8 Å². The number of carbonyl (C=O) groups excluding carboxylic acids is 2. The van der Waals surface area contributed by atoms with Gasteiger partial charge in [-0.2, -0.15) is 5.26 Å². The second-order valence-electron chi connectivity index (χ2n) is 8.36. The molecule has 1 aliphatic heterocycles. The topological polar surface area (TPSA) is 101 Å². The van der Waals surface area contributed by atoms with Crippen LogP contribution in [0.3, 0.4) is 0 Å². The van der Waals surface area contributed by atoms with Gasteiger partial charge in [-0.15, -0.1) is 11.3 Å². The van der Waals surface area contributed by atoms with Gasteiger partial charge in [-0.3, -0.25) is 10.1 Å². The highest BCUT2D eigenvalue weighted by Crippen LogP contribution is 2.39. The number of aromatic nitrogens is 1. The van der Waals surface area contributed by atoms with E-state index in [0.717, 1.165) is 17.5 Å². The number of hydrogen-bond donors (Lipinski definition) is 1. The molecule has 178 valence electrons. The van der Waals surface area contributed by atoms with Crippen LogP contribution in [-0.2, 0) is 4.79 Å². The summed E-state index contributed by atoms with van der Waals surface area (Å²) in [6.07, 6.45) is 1.46. The number of hydrogen-bond acceptors (Lipinski definition) is 7. The van der Waals surface area contributed by atoms with E-state index in [1.807, 2.05) is 36.6 Å². The Balaban J connectivity index is 1.28. The van der Waals surface area contributed by atoms with Crippen LogP contribution in [0, 0.1) is 18.3 Å². The van der Waals surface area contributed by atoms with Crippen molar-refractivity contribution in [3.05, 3.63) is 88.3 Å². The van der Waals surface area contributed by atoms with Gasteiger partial charge in [0.25, 0.3) is 5.91 Å². The zero-order chi connectivity index (χ0) is 25.1. The number of ether oxygens (including phenoxy) is 2. The Hall–Kier alpha value is -4.48. The number of rotatable bonds is 6. The summed E-state index contributed by atoms with van der Waals surface area (Å²) < 4.78 is 11.6. The largest absolute Gasteiger partial charge is 0.493 e. The first kappa shape index (κ1) is 23.3. The molecule has 1 atom stereocenters. The molecule has 1 amide bonds. The van der Waals surface area contributed by atoms with Gasteiger partial charge < -0.3 is 14.3 Å². The lowest BCUT2D eigenvalue weighted by Crippen LogP contribution is -2.15. The molecule has 1 unspecified atom stereocenters. The van der Waals surface area contributed by atoms with Crippen LogP contribution in [0.25, 0.3) is 11.3 Å². The van der Waals surface area contributed by atoms with E-state index >= 15 is 0 Å². The Morgan fingerprint density at radius 1 is 1.19 bits per heavy atom. The van der Waals surface area contributed by atoms with Crippen molar-refractivity contribution in [1.82, 2.24) is 4.98 Å². The van der Waals surface area contributed by atoms with Crippen molar-refractivity contribution in [2.24, 2.45) is 0 Å². The molecule has 1 aromatic heterocycles. The fourth-order valence-electron chi connectivity index (χ4n) is 3.92. The highest BCUT2D eigenvalue weighted by atomic mass is 32.1. The molecule has 0 fully saturated rings. The van der Waals surface area contributed by atoms with Gasteiger partial charge in [0.2, 0.25) is 0 Å². The van der Waals surface area contributed by atoms with Crippen molar-refractivity contribution in [3.63, 3.8) is 0 Å². The Bertz CT molecular complexity index is 1470. The summed E-state index contributed by atoms with van der Waals surface area (Å²) in [7, 11) is 0. The summed E-state index contributed by atoms with van der Waals surface area (Å²) in [4.78, 5) is 28.6. The van der Waals surface area contributed by atoms with Crippen molar-refractivity contribution in [1.29, 1.82) is 5.26 Å². The molecular weight excluding hydrogens is 474 g/mol. The third kappa shape index (κ3) is 4.83. The number of carbonyl (C=O) groups is 2. The van der Waals surface area contributed by atoms with E-state index in [-0.39, 0.29) is 11.8 Å². The predicted molar refractivity (Wildman–Crippen MR) is 137 cm³/mol. The van der Waals surface area contributed by atoms with Crippen LogP contribution in [0.4, 0.5) is 5.13 Å². The summed E-state index contributed by atoms with van der Waals surface area (Å²) in [5, 5.41) is 14.8. The molecule has 0 saturated carbocycles. The van der Waals surface area contributed by atoms with Crippen molar-refractivity contribution in [2.45, 2.75) is 19.3 Å². The maximum atomic E-state index is 12.7. The van der Waals surface area contributed by atoms with E-state index in [1.165, 1.54) is 16.9 Å². The number of nitrogens with zero attached hydrogens (tertiary/aromatic N) is 2. The molecule has 7 nitrogen and oxygen atoms in total. The lowest BCUT2D eigenvalue weighted by Gasteiger charge is -2.23. The molecule has 0 radical (unpaired) electrons. The van der Waals surface area contributed by atoms with Crippen LogP contribution in [0.1, 0.15) is 39.4 Å². The standard InChI is InChI=1S/C28H21N3O4S/c1-17-2-4-18(5-3-17)24-16-36-28(30-24)31-27(33)19-6-8-22(9-7-19)35-25-13-26-23(12-21(25)14-29)20(15-32)10-11-34-26/h2-9,12-13,15-16,20H,10-11H2,1H3,(H,30,31,33). The molecule has 0 bridgehead atoms. The van der Waals surface area contributed by atoms with Gasteiger partial charge in [0.1, 0.15) is 29.6 Å². The minimum absolute atomic E-state index is 0.286. The molecule has 5 rings (SSSR count). The first-order chi connectivity index (χ1) is 17.5. The minimum atomic E-state index is -0.293. The molecule has 0 spiro atoms. The third-order valence-electron chi connectivity index (χ3n) is 5.90. The lowest BCUT2D eigenvalue weighted by molar-refractivity contribution is -0.109. The molecule has 8 heteroatoms. The van der Waals surface area contributed by atoms with Crippen LogP contribution >= 0.6 is 11.3 Å². The van der Waals surface area contributed by atoms with E-state index in [0.29, 0.717) is 52.1 Å². The van der Waals surface area contributed by atoms with Gasteiger partial charge >= 0.3 is 0 Å². The number of aryl methyl sites for hydroxylation is 1. The number of aldehydes is 1. The Morgan fingerprint density at radius 2 is 1.97 bits per heavy atom. The maximum Gasteiger partial charge on any atom is 0.257 e. The first-order valence-corrected chi connectivity index (χ1v) is 12.2. The van der Waals surface area contributed by atoms with E-state index in [9.17, 15) is 14.9 Å². The van der Waals surface area contributed by atoms with E-state index < -0.39 is 0 Å². The monoisotopic (exact) mass is 495 g/mol. The molecular formula is C28H21N3O4S. The number of thiazole rings is 1. The van der Waals surface area contributed by atoms with Crippen molar-refractivity contribution >= 4 is 28.7 Å². The summed E-state index contributed by atoms with van der Waals surface area (Å²) in [5.41, 5.74) is 4.41. The van der Waals surface area contributed by atoms with E-state index in [1.54, 1.807) is 36.4 Å². The molecule has 0 saturated heterocycles. The highest BCUT2D eigenvalue weighted by Gasteiger charge is 2.24. The number of fused-ring (bicyclic) bond motifs is 1. The number of benzene rings is 3. The van der Waals surface area contributed by atoms with Crippen LogP contribution in [0.5, 0.6) is 17.2 Å². The Labute approximate surface area is 212 Å². The molecule has 1 aliphatic rings. The van der Waals surface area contributed by atoms with E-state index in [2.05, 4.69) is 16.4 Å². The molecule has 4 aromatic rings. The zero-order valence-corrected chi connectivity index (χ0v) is 20.2. The predicted octanol–water partition coefficient (Wildman–Crippen LogP) is 6.10. The molecule has 3 aromatic carbocycles. The number of anilines is 1. The van der Waals surface area contributed by atoms with E-state index in [4.69, 9.17) is 9.47 Å². The van der Waals surface area contributed by atoms with Crippen molar-refractivity contribution in [3.8, 4) is 34.6 Å². The second-order valence-corrected chi connectivity index (χ2v) is 9.22. The first-order valence-electron chi connectivity index (χ1n) is 11.3. The van der Waals surface area contributed by atoms with Gasteiger partial charge in [0.15, 0.2) is 5.13 Å². The molecule has 36 heavy (non-hydrogen) atoms. The normalized spacial score (nSPS) is 14.2. The highest BCUT2D eigenvalue weighted by molar-refractivity contribution is 7.14. The Kier molecular flexibility index (Phi) is 6.48. The maximum absolute atomic E-state index is 12.7. The van der Waals surface area contributed by atoms with Gasteiger partial charge in [0, 0.05) is 34.1 Å². The lowest BCUT2D eigenvalue weighted by atomic mass is 9.93. The number of nitrogens with one attached hydrogen (secondary N) is 1. The van der Waals surface area contributed by atoms with Crippen LogP contribution in [-0.4, -0.2) is 23.8 Å². The number of amides is 1. The second kappa shape index (κ2) is 10.0. The van der Waals surface area contributed by atoms with Gasteiger partial charge in [-0.05, 0) is 43.7 Å². The quantitative estimate of drug-likeness (QED) is 0.324. The van der Waals surface area contributed by atoms with Gasteiger partial charge in [0.05, 0.1) is 17.9 Å². The summed E-state index contributed by atoms with van der Waals surface area (Å²) >= 11 is 1.36. The summed E-state index contributed by atoms with van der Waals surface area (Å²) in [6.45, 7) is 2.46. The van der Waals surface area contributed by atoms with Gasteiger partial charge in [-0.25, -0.2) is 4.98 Å². The van der Waals surface area contributed by atoms with Crippen molar-refractivity contribution in [2.75, 3.05) is 11.9 Å². The third-order valence-corrected chi connectivity index (χ3v) is 6.66. The number of nitriles is 1. The Morgan fingerprint density at radius 3 is 2.69 bits per heavy atom. The smallest absolute Gasteiger partial charge is 0.257 e. The average Bonchev–Trinajstić information content (AvgIpc) is 3.37.